The van der Waals surface area contributed by atoms with Gasteiger partial charge in [-0.1, -0.05) is 6.08 Å². The van der Waals surface area contributed by atoms with Crippen molar-refractivity contribution in [1.29, 1.82) is 0 Å². The maximum atomic E-state index is 12.6. The van der Waals surface area contributed by atoms with Crippen LogP contribution in [0.25, 0.3) is 16.2 Å². The first-order valence-corrected chi connectivity index (χ1v) is 10.1. The second-order valence-corrected chi connectivity index (χ2v) is 8.99. The van der Waals surface area contributed by atoms with Crippen molar-refractivity contribution in [3.05, 3.63) is 64.0 Å². The molecular formula is C24H26O3S. The lowest BCUT2D eigenvalue weighted by Gasteiger charge is -2.24. The summed E-state index contributed by atoms with van der Waals surface area (Å²) in [5, 5.41) is 1.02. The van der Waals surface area contributed by atoms with Gasteiger partial charge in [0.1, 0.15) is 17.1 Å². The van der Waals surface area contributed by atoms with E-state index >= 15 is 0 Å². The van der Waals surface area contributed by atoms with Crippen LogP contribution in [-0.4, -0.2) is 18.5 Å². The molecule has 3 rings (SSSR count). The molecule has 0 atom stereocenters. The van der Waals surface area contributed by atoms with Gasteiger partial charge in [-0.3, -0.25) is 4.79 Å². The van der Waals surface area contributed by atoms with Crippen LogP contribution < -0.4 is 9.47 Å². The number of methoxy groups -OCH3 is 1. The molecule has 1 aromatic heterocycles. The monoisotopic (exact) mass is 394 g/mol. The Kier molecular flexibility index (Phi) is 5.61. The number of hydrogen-bond donors (Lipinski definition) is 0. The molecule has 0 aliphatic rings. The number of carbonyl (C=O) groups excluding carboxylic acids is 1. The van der Waals surface area contributed by atoms with Gasteiger partial charge < -0.3 is 9.47 Å². The van der Waals surface area contributed by atoms with Gasteiger partial charge in [-0.25, -0.2) is 0 Å². The molecular weight excluding hydrogens is 368 g/mol. The average Bonchev–Trinajstić information content (AvgIpc) is 3.05. The van der Waals surface area contributed by atoms with Crippen LogP contribution in [0.15, 0.2) is 42.5 Å². The summed E-state index contributed by atoms with van der Waals surface area (Å²) in [5.74, 6) is 1.71. The Hall–Kier alpha value is -2.59. The number of rotatable bonds is 5. The third-order valence-corrected chi connectivity index (χ3v) is 5.42. The number of aryl methyl sites for hydroxylation is 2. The molecule has 0 aliphatic carbocycles. The third-order valence-electron chi connectivity index (χ3n) is 4.28. The maximum absolute atomic E-state index is 12.6. The number of ether oxygens (including phenoxy) is 2. The lowest BCUT2D eigenvalue weighted by atomic mass is 10.0. The smallest absolute Gasteiger partial charge is 0.195 e. The number of thiophene rings is 1. The average molecular weight is 395 g/mol. The number of carbonyl (C=O) groups is 1. The predicted molar refractivity (Wildman–Crippen MR) is 118 cm³/mol. The quantitative estimate of drug-likeness (QED) is 0.361. The molecule has 0 aliphatic heterocycles. The first kappa shape index (κ1) is 20.2. The first-order valence-electron chi connectivity index (χ1n) is 9.26. The third kappa shape index (κ3) is 4.63. The standard InChI is InChI=1S/C24H26O3S/c1-15-11-17(12-16(2)23(15)27-24(3,4)5)7-9-20(25)22-14-18-13-19(26-6)8-10-21(18)28-22/h7-14H,1-6H3/b9-7+. The Labute approximate surface area is 170 Å². The number of benzene rings is 2. The molecule has 0 bridgehead atoms. The van der Waals surface area contributed by atoms with Crippen molar-refractivity contribution in [3.63, 3.8) is 0 Å². The summed E-state index contributed by atoms with van der Waals surface area (Å²) in [6.07, 6.45) is 3.51. The molecule has 2 aromatic carbocycles. The van der Waals surface area contributed by atoms with Crippen LogP contribution >= 0.6 is 11.3 Å². The molecule has 0 radical (unpaired) electrons. The van der Waals surface area contributed by atoms with Gasteiger partial charge in [-0.2, -0.15) is 0 Å². The summed E-state index contributed by atoms with van der Waals surface area (Å²) in [6, 6.07) is 11.9. The van der Waals surface area contributed by atoms with Crippen molar-refractivity contribution < 1.29 is 14.3 Å². The van der Waals surface area contributed by atoms with Crippen LogP contribution in [0.5, 0.6) is 11.5 Å². The van der Waals surface area contributed by atoms with Crippen molar-refractivity contribution in [2.75, 3.05) is 7.11 Å². The highest BCUT2D eigenvalue weighted by Gasteiger charge is 2.16. The molecule has 3 nitrogen and oxygen atoms in total. The molecule has 1 heterocycles. The first-order chi connectivity index (χ1) is 13.2. The number of hydrogen-bond acceptors (Lipinski definition) is 4. The number of ketones is 1. The van der Waals surface area contributed by atoms with Crippen LogP contribution in [0.3, 0.4) is 0 Å². The second kappa shape index (κ2) is 7.80. The van der Waals surface area contributed by atoms with Crippen molar-refractivity contribution in [2.24, 2.45) is 0 Å². The molecule has 28 heavy (non-hydrogen) atoms. The normalized spacial score (nSPS) is 11.9. The minimum atomic E-state index is -0.243. The van der Waals surface area contributed by atoms with E-state index in [1.807, 2.05) is 77.1 Å². The van der Waals surface area contributed by atoms with Gasteiger partial charge in [0.2, 0.25) is 0 Å². The van der Waals surface area contributed by atoms with Crippen molar-refractivity contribution in [1.82, 2.24) is 0 Å². The molecule has 0 unspecified atom stereocenters. The fourth-order valence-corrected chi connectivity index (χ4v) is 4.03. The molecule has 0 N–H and O–H groups in total. The lowest BCUT2D eigenvalue weighted by molar-refractivity contribution is 0.105. The fraction of sp³-hybridized carbons (Fsp3) is 0.292. The summed E-state index contributed by atoms with van der Waals surface area (Å²) >= 11 is 1.50. The van der Waals surface area contributed by atoms with E-state index < -0.39 is 0 Å². The van der Waals surface area contributed by atoms with Gasteiger partial charge in [-0.05, 0) is 99.2 Å². The van der Waals surface area contributed by atoms with Crippen molar-refractivity contribution in [3.8, 4) is 11.5 Å². The van der Waals surface area contributed by atoms with E-state index in [1.54, 1.807) is 13.2 Å². The van der Waals surface area contributed by atoms with E-state index in [0.29, 0.717) is 0 Å². The van der Waals surface area contributed by atoms with Crippen LogP contribution in [0.2, 0.25) is 0 Å². The number of allylic oxidation sites excluding steroid dienone is 1. The predicted octanol–water partition coefficient (Wildman–Crippen LogP) is 6.60. The minimum Gasteiger partial charge on any atom is -0.497 e. The molecule has 0 amide bonds. The van der Waals surface area contributed by atoms with E-state index in [2.05, 4.69) is 0 Å². The topological polar surface area (TPSA) is 35.5 Å². The van der Waals surface area contributed by atoms with E-state index in [0.717, 1.165) is 43.2 Å². The van der Waals surface area contributed by atoms with E-state index in [1.165, 1.54) is 11.3 Å². The van der Waals surface area contributed by atoms with Crippen LogP contribution in [0, 0.1) is 13.8 Å². The molecule has 3 aromatic rings. The highest BCUT2D eigenvalue weighted by Crippen LogP contribution is 2.31. The van der Waals surface area contributed by atoms with Crippen molar-refractivity contribution in [2.45, 2.75) is 40.2 Å². The maximum Gasteiger partial charge on any atom is 0.195 e. The Morgan fingerprint density at radius 1 is 1.04 bits per heavy atom. The minimum absolute atomic E-state index is 0.00508. The van der Waals surface area contributed by atoms with Gasteiger partial charge in [0.15, 0.2) is 5.78 Å². The fourth-order valence-electron chi connectivity index (χ4n) is 3.07. The highest BCUT2D eigenvalue weighted by molar-refractivity contribution is 7.21. The van der Waals surface area contributed by atoms with Crippen molar-refractivity contribution >= 4 is 33.3 Å². The summed E-state index contributed by atoms with van der Waals surface area (Å²) in [7, 11) is 1.64. The van der Waals surface area contributed by atoms with Gasteiger partial charge in [0.25, 0.3) is 0 Å². The SMILES string of the molecule is COc1ccc2sc(C(=O)/C=C/c3cc(C)c(OC(C)(C)C)c(C)c3)cc2c1. The summed E-state index contributed by atoms with van der Waals surface area (Å²) in [4.78, 5) is 13.4. The molecule has 146 valence electrons. The Bertz CT molecular complexity index is 1030. The summed E-state index contributed by atoms with van der Waals surface area (Å²) in [6.45, 7) is 10.2. The highest BCUT2D eigenvalue weighted by atomic mass is 32.1. The van der Waals surface area contributed by atoms with E-state index in [-0.39, 0.29) is 11.4 Å². The summed E-state index contributed by atoms with van der Waals surface area (Å²) < 4.78 is 12.4. The van der Waals surface area contributed by atoms with Crippen LogP contribution in [-0.2, 0) is 0 Å². The van der Waals surface area contributed by atoms with Crippen LogP contribution in [0.1, 0.15) is 47.1 Å². The van der Waals surface area contributed by atoms with Crippen LogP contribution in [0.4, 0.5) is 0 Å². The Morgan fingerprint density at radius 2 is 1.71 bits per heavy atom. The zero-order valence-electron chi connectivity index (χ0n) is 17.3. The lowest BCUT2D eigenvalue weighted by Crippen LogP contribution is -2.24. The molecule has 0 spiro atoms. The van der Waals surface area contributed by atoms with Gasteiger partial charge in [0.05, 0.1) is 12.0 Å². The largest absolute Gasteiger partial charge is 0.497 e. The Morgan fingerprint density at radius 3 is 2.32 bits per heavy atom. The zero-order valence-corrected chi connectivity index (χ0v) is 18.1. The molecule has 0 saturated carbocycles. The van der Waals surface area contributed by atoms with Gasteiger partial charge in [-0.15, -0.1) is 11.3 Å². The van der Waals surface area contributed by atoms with Gasteiger partial charge in [0, 0.05) is 4.70 Å². The van der Waals surface area contributed by atoms with E-state index in [4.69, 9.17) is 9.47 Å². The van der Waals surface area contributed by atoms with Gasteiger partial charge >= 0.3 is 0 Å². The number of fused-ring (bicyclic) bond motifs is 1. The van der Waals surface area contributed by atoms with E-state index in [9.17, 15) is 4.79 Å². The molecule has 0 fully saturated rings. The Balaban J connectivity index is 1.82. The molecule has 4 heteroatoms. The summed E-state index contributed by atoms with van der Waals surface area (Å²) in [5.41, 5.74) is 2.88. The molecule has 0 saturated heterocycles. The zero-order chi connectivity index (χ0) is 20.5. The second-order valence-electron chi connectivity index (χ2n) is 7.91.